The monoisotopic (exact) mass is 400 g/mol. The van der Waals surface area contributed by atoms with Gasteiger partial charge in [-0.25, -0.2) is 4.39 Å². The molecule has 2 aromatic carbocycles. The number of fused-ring (bicyclic) bond motifs is 1. The standard InChI is InChI=1S/C19H13FN2O5S/c1-25-14-8-16-15(26-9-27-16)6-10(14)5-13-17(23)21-19(28)22(18(13)24)12-4-2-3-11(20)7-12/h2-8H,9H2,1H3,(H,21,23,28)/b13-5+. The van der Waals surface area contributed by atoms with Crippen molar-refractivity contribution in [2.45, 2.75) is 0 Å². The molecule has 0 spiro atoms. The highest BCUT2D eigenvalue weighted by molar-refractivity contribution is 7.80. The highest BCUT2D eigenvalue weighted by atomic mass is 32.1. The van der Waals surface area contributed by atoms with Gasteiger partial charge in [-0.3, -0.25) is 19.8 Å². The van der Waals surface area contributed by atoms with Gasteiger partial charge in [0.25, 0.3) is 11.8 Å². The topological polar surface area (TPSA) is 77.1 Å². The number of halogens is 1. The number of benzene rings is 2. The second-order valence-electron chi connectivity index (χ2n) is 5.89. The maximum atomic E-state index is 13.6. The summed E-state index contributed by atoms with van der Waals surface area (Å²) in [6.07, 6.45) is 1.37. The Bertz CT molecular complexity index is 1050. The number of hydrogen-bond donors (Lipinski definition) is 1. The van der Waals surface area contributed by atoms with Crippen LogP contribution in [0, 0.1) is 5.82 Å². The van der Waals surface area contributed by atoms with Crippen LogP contribution in [-0.2, 0) is 9.59 Å². The smallest absolute Gasteiger partial charge is 0.270 e. The number of methoxy groups -OCH3 is 1. The number of carbonyl (C=O) groups excluding carboxylic acids is 2. The molecule has 0 aromatic heterocycles. The summed E-state index contributed by atoms with van der Waals surface area (Å²) in [7, 11) is 1.45. The zero-order valence-corrected chi connectivity index (χ0v) is 15.3. The molecule has 0 unspecified atom stereocenters. The predicted molar refractivity (Wildman–Crippen MR) is 102 cm³/mol. The average Bonchev–Trinajstić information content (AvgIpc) is 3.11. The second kappa shape index (κ2) is 6.93. The Kier molecular flexibility index (Phi) is 4.44. The van der Waals surface area contributed by atoms with E-state index in [2.05, 4.69) is 5.32 Å². The lowest BCUT2D eigenvalue weighted by Gasteiger charge is -2.29. The lowest BCUT2D eigenvalue weighted by atomic mass is 10.1. The molecular weight excluding hydrogens is 387 g/mol. The van der Waals surface area contributed by atoms with Crippen LogP contribution >= 0.6 is 12.2 Å². The predicted octanol–water partition coefficient (Wildman–Crippen LogP) is 2.39. The normalized spacial score (nSPS) is 17.1. The van der Waals surface area contributed by atoms with E-state index >= 15 is 0 Å². The summed E-state index contributed by atoms with van der Waals surface area (Å²) in [5.74, 6) is -0.521. The number of rotatable bonds is 3. The fourth-order valence-electron chi connectivity index (χ4n) is 2.89. The van der Waals surface area contributed by atoms with Gasteiger partial charge in [0, 0.05) is 11.6 Å². The number of anilines is 1. The van der Waals surface area contributed by atoms with Gasteiger partial charge in [-0.15, -0.1) is 0 Å². The van der Waals surface area contributed by atoms with E-state index in [0.29, 0.717) is 22.8 Å². The fraction of sp³-hybridized carbons (Fsp3) is 0.105. The molecule has 0 atom stereocenters. The lowest BCUT2D eigenvalue weighted by molar-refractivity contribution is -0.122. The zero-order chi connectivity index (χ0) is 19.8. The van der Waals surface area contributed by atoms with E-state index in [-0.39, 0.29) is 23.2 Å². The highest BCUT2D eigenvalue weighted by Gasteiger charge is 2.35. The summed E-state index contributed by atoms with van der Waals surface area (Å²) in [6.45, 7) is 0.0690. The third-order valence-electron chi connectivity index (χ3n) is 4.19. The van der Waals surface area contributed by atoms with Crippen molar-refractivity contribution in [1.29, 1.82) is 0 Å². The molecule has 2 aliphatic heterocycles. The molecule has 2 aromatic rings. The molecule has 1 fully saturated rings. The van der Waals surface area contributed by atoms with Gasteiger partial charge in [0.05, 0.1) is 12.8 Å². The van der Waals surface area contributed by atoms with Crippen molar-refractivity contribution in [3.8, 4) is 17.2 Å². The van der Waals surface area contributed by atoms with E-state index in [1.807, 2.05) is 0 Å². The molecule has 142 valence electrons. The Morgan fingerprint density at radius 1 is 1.21 bits per heavy atom. The van der Waals surface area contributed by atoms with Crippen molar-refractivity contribution in [3.63, 3.8) is 0 Å². The number of ether oxygens (including phenoxy) is 3. The average molecular weight is 400 g/mol. The summed E-state index contributed by atoms with van der Waals surface area (Å²) in [4.78, 5) is 26.5. The van der Waals surface area contributed by atoms with Crippen LogP contribution < -0.4 is 24.4 Å². The molecule has 0 radical (unpaired) electrons. The van der Waals surface area contributed by atoms with Crippen molar-refractivity contribution in [3.05, 3.63) is 53.4 Å². The maximum Gasteiger partial charge on any atom is 0.270 e. The second-order valence-corrected chi connectivity index (χ2v) is 6.27. The number of nitrogens with zero attached hydrogens (tertiary/aromatic N) is 1. The van der Waals surface area contributed by atoms with Gasteiger partial charge in [-0.2, -0.15) is 0 Å². The van der Waals surface area contributed by atoms with Gasteiger partial charge in [-0.1, -0.05) is 6.07 Å². The van der Waals surface area contributed by atoms with Crippen molar-refractivity contribution < 1.29 is 28.2 Å². The molecule has 1 N–H and O–H groups in total. The number of amides is 2. The molecule has 2 amide bonds. The first-order valence-corrected chi connectivity index (χ1v) is 8.53. The van der Waals surface area contributed by atoms with Gasteiger partial charge in [0.2, 0.25) is 6.79 Å². The van der Waals surface area contributed by atoms with Crippen LogP contribution in [0.3, 0.4) is 0 Å². The minimum absolute atomic E-state index is 0.0690. The molecule has 1 saturated heterocycles. The van der Waals surface area contributed by atoms with Crippen molar-refractivity contribution in [1.82, 2.24) is 5.32 Å². The first kappa shape index (κ1) is 17.9. The highest BCUT2D eigenvalue weighted by Crippen LogP contribution is 2.39. The summed E-state index contributed by atoms with van der Waals surface area (Å²) >= 11 is 5.10. The van der Waals surface area contributed by atoms with E-state index in [1.54, 1.807) is 12.1 Å². The minimum atomic E-state index is -0.681. The van der Waals surface area contributed by atoms with Crippen LogP contribution in [0.2, 0.25) is 0 Å². The fourth-order valence-corrected chi connectivity index (χ4v) is 3.17. The van der Waals surface area contributed by atoms with Gasteiger partial charge in [0.15, 0.2) is 16.6 Å². The van der Waals surface area contributed by atoms with Gasteiger partial charge in [-0.05, 0) is 42.6 Å². The Morgan fingerprint density at radius 2 is 1.96 bits per heavy atom. The zero-order valence-electron chi connectivity index (χ0n) is 14.5. The van der Waals surface area contributed by atoms with E-state index < -0.39 is 17.6 Å². The molecule has 9 heteroatoms. The van der Waals surface area contributed by atoms with Crippen LogP contribution in [-0.4, -0.2) is 30.8 Å². The number of nitrogens with one attached hydrogen (secondary N) is 1. The van der Waals surface area contributed by atoms with Crippen molar-refractivity contribution in [2.24, 2.45) is 0 Å². The Balaban J connectivity index is 1.78. The molecule has 0 bridgehead atoms. The quantitative estimate of drug-likeness (QED) is 0.484. The Morgan fingerprint density at radius 3 is 2.68 bits per heavy atom. The molecule has 0 saturated carbocycles. The SMILES string of the molecule is COc1cc2c(cc1/C=C1\C(=O)NC(=S)N(c3cccc(F)c3)C1=O)OCO2. The largest absolute Gasteiger partial charge is 0.496 e. The molecule has 7 nitrogen and oxygen atoms in total. The van der Waals surface area contributed by atoms with E-state index in [9.17, 15) is 14.0 Å². The molecule has 2 aliphatic rings. The van der Waals surface area contributed by atoms with Crippen LogP contribution in [0.15, 0.2) is 42.0 Å². The third kappa shape index (κ3) is 3.05. The molecule has 2 heterocycles. The van der Waals surface area contributed by atoms with Gasteiger partial charge >= 0.3 is 0 Å². The summed E-state index contributed by atoms with van der Waals surface area (Å²) < 4.78 is 29.6. The minimum Gasteiger partial charge on any atom is -0.496 e. The summed E-state index contributed by atoms with van der Waals surface area (Å²) in [6, 6.07) is 8.57. The van der Waals surface area contributed by atoms with E-state index in [0.717, 1.165) is 11.0 Å². The van der Waals surface area contributed by atoms with E-state index in [4.69, 9.17) is 26.4 Å². The van der Waals surface area contributed by atoms with Crippen LogP contribution in [0.1, 0.15) is 5.56 Å². The van der Waals surface area contributed by atoms with E-state index in [1.165, 1.54) is 31.4 Å². The number of hydrogen-bond acceptors (Lipinski definition) is 6. The Hall–Kier alpha value is -3.46. The van der Waals surface area contributed by atoms with Crippen LogP contribution in [0.5, 0.6) is 17.2 Å². The maximum absolute atomic E-state index is 13.6. The molecular formula is C19H13FN2O5S. The molecule has 0 aliphatic carbocycles. The van der Waals surface area contributed by atoms with Gasteiger partial charge in [0.1, 0.15) is 17.1 Å². The van der Waals surface area contributed by atoms with Crippen LogP contribution in [0.25, 0.3) is 6.08 Å². The van der Waals surface area contributed by atoms with Crippen LogP contribution in [0.4, 0.5) is 10.1 Å². The van der Waals surface area contributed by atoms with Gasteiger partial charge < -0.3 is 14.2 Å². The summed E-state index contributed by atoms with van der Waals surface area (Å²) in [5, 5.41) is 2.32. The third-order valence-corrected chi connectivity index (χ3v) is 4.48. The van der Waals surface area contributed by atoms with Crippen molar-refractivity contribution in [2.75, 3.05) is 18.8 Å². The molecule has 28 heavy (non-hydrogen) atoms. The Labute approximate surface area is 164 Å². The number of carbonyl (C=O) groups is 2. The summed E-state index contributed by atoms with van der Waals surface area (Å²) in [5.41, 5.74) is 0.464. The first-order valence-electron chi connectivity index (χ1n) is 8.12. The molecule has 4 rings (SSSR count). The lowest BCUT2D eigenvalue weighted by Crippen LogP contribution is -2.54. The first-order chi connectivity index (χ1) is 13.5. The number of thiocarbonyl (C=S) groups is 1. The van der Waals surface area contributed by atoms with Crippen molar-refractivity contribution >= 4 is 40.9 Å².